The Labute approximate surface area is 137 Å². The maximum atomic E-state index is 12.2. The predicted molar refractivity (Wildman–Crippen MR) is 78.8 cm³/mol. The van der Waals surface area contributed by atoms with E-state index in [1.54, 1.807) is 6.92 Å². The lowest BCUT2D eigenvalue weighted by atomic mass is 10.1. The van der Waals surface area contributed by atoms with Crippen molar-refractivity contribution in [3.8, 4) is 5.75 Å². The number of carbonyl (C=O) groups is 4. The zero-order chi connectivity index (χ0) is 17.9. The summed E-state index contributed by atoms with van der Waals surface area (Å²) in [6.07, 6.45) is 0. The molecule has 1 aliphatic heterocycles. The number of nitrogens with one attached hydrogen (secondary N) is 1. The number of carbonyl (C=O) groups excluding carboxylic acids is 3. The topological polar surface area (TPSA) is 130 Å². The second-order valence-corrected chi connectivity index (χ2v) is 5.13. The quantitative estimate of drug-likeness (QED) is 0.699. The van der Waals surface area contributed by atoms with Gasteiger partial charge in [-0.15, -0.1) is 5.75 Å². The van der Waals surface area contributed by atoms with Crippen LogP contribution in [0.3, 0.4) is 0 Å². The minimum atomic E-state index is -1.44. The molecule has 1 saturated heterocycles. The molecule has 9 heteroatoms. The van der Waals surface area contributed by atoms with Crippen molar-refractivity contribution in [1.29, 1.82) is 0 Å². The fraction of sp³-hybridized carbons (Fsp3) is 0.333. The van der Waals surface area contributed by atoms with Gasteiger partial charge >= 0.3 is 23.8 Å². The van der Waals surface area contributed by atoms with Crippen LogP contribution in [0.15, 0.2) is 24.3 Å². The molecule has 0 aromatic heterocycles. The molecule has 1 heterocycles. The van der Waals surface area contributed by atoms with Gasteiger partial charge in [-0.3, -0.25) is 14.5 Å². The fourth-order valence-electron chi connectivity index (χ4n) is 2.32. The molecule has 0 aliphatic carbocycles. The first kappa shape index (κ1) is 17.3. The molecule has 0 saturated carbocycles. The monoisotopic (exact) mass is 334 g/mol. The lowest BCUT2D eigenvalue weighted by molar-refractivity contribution is -0.268. The molecule has 1 aromatic rings. The van der Waals surface area contributed by atoms with Gasteiger partial charge < -0.3 is 20.4 Å². The molecule has 24 heavy (non-hydrogen) atoms. The van der Waals surface area contributed by atoms with Crippen LogP contribution in [0.4, 0.5) is 4.79 Å². The van der Waals surface area contributed by atoms with Gasteiger partial charge in [-0.2, -0.15) is 0 Å². The number of nitrogens with zero attached hydrogens (tertiary/aromatic N) is 2. The van der Waals surface area contributed by atoms with E-state index in [1.807, 2.05) is 0 Å². The number of aliphatic carboxylic acids is 1. The van der Waals surface area contributed by atoms with E-state index in [1.165, 1.54) is 29.2 Å². The highest BCUT2D eigenvalue weighted by Gasteiger charge is 2.36. The van der Waals surface area contributed by atoms with E-state index in [4.69, 9.17) is 0 Å². The first-order chi connectivity index (χ1) is 11.3. The maximum absolute atomic E-state index is 12.2. The van der Waals surface area contributed by atoms with Crippen LogP contribution in [-0.4, -0.2) is 58.4 Å². The molecule has 2 rings (SSSR count). The van der Waals surface area contributed by atoms with Gasteiger partial charge in [0, 0.05) is 19.6 Å². The van der Waals surface area contributed by atoms with Gasteiger partial charge in [-0.1, -0.05) is 24.3 Å². The molecule has 1 fully saturated rings. The van der Waals surface area contributed by atoms with Gasteiger partial charge in [0.05, 0.1) is 0 Å². The molecule has 0 spiro atoms. The molecule has 128 valence electrons. The summed E-state index contributed by atoms with van der Waals surface area (Å²) < 4.78 is 0. The molecule has 0 unspecified atom stereocenters. The van der Waals surface area contributed by atoms with Crippen LogP contribution in [0.25, 0.3) is 0 Å². The summed E-state index contributed by atoms with van der Waals surface area (Å²) in [7, 11) is 0. The Morgan fingerprint density at radius 2 is 1.83 bits per heavy atom. The Hall–Kier alpha value is -3.10. The summed E-state index contributed by atoms with van der Waals surface area (Å²) in [5, 5.41) is 22.6. The molecule has 1 aliphatic rings. The van der Waals surface area contributed by atoms with Crippen LogP contribution in [0.2, 0.25) is 0 Å². The number of carboxylic acids is 1. The lowest BCUT2D eigenvalue weighted by Crippen LogP contribution is -2.58. The van der Waals surface area contributed by atoms with E-state index in [0.29, 0.717) is 11.4 Å². The zero-order valence-corrected chi connectivity index (χ0v) is 12.9. The summed E-state index contributed by atoms with van der Waals surface area (Å²) >= 11 is 0. The number of carboxylic acid groups (broad SMARTS) is 1. The summed E-state index contributed by atoms with van der Waals surface area (Å²) in [5.74, 6) is -3.46. The minimum Gasteiger partial charge on any atom is -0.872 e. The van der Waals surface area contributed by atoms with Gasteiger partial charge in [0.25, 0.3) is 0 Å². The minimum absolute atomic E-state index is 0.0178. The molecular weight excluding hydrogens is 318 g/mol. The van der Waals surface area contributed by atoms with E-state index < -0.39 is 29.9 Å². The molecule has 1 atom stereocenters. The summed E-state index contributed by atoms with van der Waals surface area (Å²) in [6.45, 7) is 2.23. The molecule has 9 nitrogen and oxygen atoms in total. The van der Waals surface area contributed by atoms with Crippen LogP contribution in [0.1, 0.15) is 18.5 Å². The third kappa shape index (κ3) is 3.45. The largest absolute Gasteiger partial charge is 0.872 e. The second-order valence-electron chi connectivity index (χ2n) is 5.13. The van der Waals surface area contributed by atoms with Crippen LogP contribution < -0.4 is 10.4 Å². The number of imide groups is 1. The average Bonchev–Trinajstić information content (AvgIpc) is 2.55. The average molecular weight is 334 g/mol. The van der Waals surface area contributed by atoms with Crippen molar-refractivity contribution in [2.45, 2.75) is 13.0 Å². The van der Waals surface area contributed by atoms with E-state index in [9.17, 15) is 29.4 Å². The Kier molecular flexibility index (Phi) is 5.02. The number of urea groups is 1. The predicted octanol–water partition coefficient (Wildman–Crippen LogP) is -0.714. The highest BCUT2D eigenvalue weighted by molar-refractivity contribution is 6.38. The normalized spacial score (nSPS) is 16.0. The van der Waals surface area contributed by atoms with Crippen molar-refractivity contribution in [2.24, 2.45) is 0 Å². The van der Waals surface area contributed by atoms with E-state index >= 15 is 0 Å². The van der Waals surface area contributed by atoms with E-state index in [-0.39, 0.29) is 24.4 Å². The molecule has 4 amide bonds. The van der Waals surface area contributed by atoms with Crippen molar-refractivity contribution < 1.29 is 29.4 Å². The smallest absolute Gasteiger partial charge is 0.330 e. The Bertz CT molecular complexity index is 672. The van der Waals surface area contributed by atoms with Crippen molar-refractivity contribution >= 4 is 23.8 Å². The molecular formula is C15H16N3O6-. The first-order valence-electron chi connectivity index (χ1n) is 7.26. The maximum Gasteiger partial charge on any atom is 0.330 e. The Morgan fingerprint density at radius 1 is 1.21 bits per heavy atom. The molecule has 0 bridgehead atoms. The number of hydrogen-bond donors (Lipinski definition) is 2. The number of piperazine rings is 1. The number of rotatable bonds is 4. The summed E-state index contributed by atoms with van der Waals surface area (Å²) in [5.41, 5.74) is 0.182. The van der Waals surface area contributed by atoms with Gasteiger partial charge in [-0.05, 0) is 12.5 Å². The number of likely N-dealkylation sites (N-methyl/N-ethyl adjacent to an activating group) is 1. The highest BCUT2D eigenvalue weighted by Crippen LogP contribution is 2.17. The van der Waals surface area contributed by atoms with Crippen molar-refractivity contribution in [2.75, 3.05) is 19.6 Å². The number of amides is 4. The molecule has 1 aromatic carbocycles. The van der Waals surface area contributed by atoms with Crippen LogP contribution in [0, 0.1) is 0 Å². The number of hydrogen-bond acceptors (Lipinski definition) is 5. The van der Waals surface area contributed by atoms with Crippen molar-refractivity contribution in [3.63, 3.8) is 0 Å². The lowest BCUT2D eigenvalue weighted by Gasteiger charge is -2.32. The van der Waals surface area contributed by atoms with Crippen molar-refractivity contribution in [3.05, 3.63) is 29.8 Å². The van der Waals surface area contributed by atoms with Crippen molar-refractivity contribution in [1.82, 2.24) is 15.1 Å². The second kappa shape index (κ2) is 6.99. The fourth-order valence-corrected chi connectivity index (χ4v) is 2.32. The van der Waals surface area contributed by atoms with Crippen LogP contribution in [-0.2, 0) is 14.4 Å². The van der Waals surface area contributed by atoms with Gasteiger partial charge in [0.2, 0.25) is 0 Å². The third-order valence-corrected chi connectivity index (χ3v) is 3.66. The van der Waals surface area contributed by atoms with E-state index in [0.717, 1.165) is 0 Å². The summed E-state index contributed by atoms with van der Waals surface area (Å²) in [4.78, 5) is 49.3. The van der Waals surface area contributed by atoms with Gasteiger partial charge in [-0.25, -0.2) is 9.59 Å². The van der Waals surface area contributed by atoms with Gasteiger partial charge in [0.1, 0.15) is 0 Å². The Morgan fingerprint density at radius 3 is 2.38 bits per heavy atom. The highest BCUT2D eigenvalue weighted by atomic mass is 16.4. The third-order valence-electron chi connectivity index (χ3n) is 3.66. The zero-order valence-electron chi connectivity index (χ0n) is 12.9. The first-order valence-corrected chi connectivity index (χ1v) is 7.26. The molecule has 0 radical (unpaired) electrons. The standard InChI is InChI=1S/C15H17N3O6/c1-2-17-7-8-18(13(21)12(17)20)15(24)16-11(14(22)23)9-3-5-10(19)6-4-9/h3-6,11,19H,2,7-8H2,1H3,(H,16,24)(H,22,23)/p-1/t11-/m1/s1. The number of benzene rings is 1. The SMILES string of the molecule is CCN1CCN(C(=O)N[C@@H](C(=O)O)c2ccc([O-])cc2)C(=O)C1=O. The molecule has 2 N–H and O–H groups in total. The van der Waals surface area contributed by atoms with Crippen LogP contribution in [0.5, 0.6) is 5.75 Å². The summed E-state index contributed by atoms with van der Waals surface area (Å²) in [6, 6.07) is 2.50. The van der Waals surface area contributed by atoms with Gasteiger partial charge in [0.15, 0.2) is 6.04 Å². The van der Waals surface area contributed by atoms with Crippen LogP contribution >= 0.6 is 0 Å². The Balaban J connectivity index is 2.14. The van der Waals surface area contributed by atoms with E-state index in [2.05, 4.69) is 5.32 Å².